The van der Waals surface area contributed by atoms with Crippen molar-refractivity contribution < 1.29 is 4.79 Å². The minimum Gasteiger partial charge on any atom is -0.356 e. The first kappa shape index (κ1) is 17.1. The van der Waals surface area contributed by atoms with Crippen LogP contribution < -0.4 is 10.2 Å². The molecule has 4 heterocycles. The Labute approximate surface area is 166 Å². The van der Waals surface area contributed by atoms with Crippen LogP contribution in [0.1, 0.15) is 46.5 Å². The first-order valence-electron chi connectivity index (χ1n) is 9.63. The van der Waals surface area contributed by atoms with E-state index in [1.165, 1.54) is 35.1 Å². The minimum absolute atomic E-state index is 0.0473. The second kappa shape index (κ2) is 7.20. The van der Waals surface area contributed by atoms with Gasteiger partial charge in [0.25, 0.3) is 5.91 Å². The zero-order valence-corrected chi connectivity index (χ0v) is 16.7. The van der Waals surface area contributed by atoms with Gasteiger partial charge in [-0.1, -0.05) is 0 Å². The zero-order valence-electron chi connectivity index (χ0n) is 15.1. The largest absolute Gasteiger partial charge is 0.356 e. The van der Waals surface area contributed by atoms with Gasteiger partial charge in [-0.3, -0.25) is 4.79 Å². The Bertz CT molecular complexity index is 958. The number of rotatable bonds is 3. The Morgan fingerprint density at radius 3 is 2.85 bits per heavy atom. The number of amides is 1. The van der Waals surface area contributed by atoms with E-state index >= 15 is 0 Å². The number of aryl methyl sites for hydroxylation is 2. The quantitative estimate of drug-likeness (QED) is 0.724. The lowest BCUT2D eigenvalue weighted by Gasteiger charge is -2.33. The van der Waals surface area contributed by atoms with E-state index in [0.717, 1.165) is 48.6 Å². The molecule has 0 radical (unpaired) electrons. The third kappa shape index (κ3) is 3.23. The molecule has 1 fully saturated rings. The summed E-state index contributed by atoms with van der Waals surface area (Å²) in [4.78, 5) is 26.5. The lowest BCUT2D eigenvalue weighted by atomic mass is 9.96. The average molecular weight is 399 g/mol. The number of thiophene rings is 2. The van der Waals surface area contributed by atoms with E-state index in [1.54, 1.807) is 17.7 Å². The van der Waals surface area contributed by atoms with Gasteiger partial charge in [0.05, 0.1) is 5.39 Å². The average Bonchev–Trinajstić information content (AvgIpc) is 3.36. The van der Waals surface area contributed by atoms with Crippen molar-refractivity contribution in [2.45, 2.75) is 44.6 Å². The lowest BCUT2D eigenvalue weighted by Crippen LogP contribution is -2.45. The summed E-state index contributed by atoms with van der Waals surface area (Å²) in [5, 5.41) is 8.32. The molecule has 5 rings (SSSR count). The minimum atomic E-state index is 0.0473. The molecule has 0 atom stereocenters. The Hall–Kier alpha value is -1.99. The number of anilines is 1. The topological polar surface area (TPSA) is 58.1 Å². The molecule has 2 aliphatic rings. The summed E-state index contributed by atoms with van der Waals surface area (Å²) >= 11 is 3.41. The van der Waals surface area contributed by atoms with Gasteiger partial charge in [-0.2, -0.15) is 11.3 Å². The second-order valence-corrected chi connectivity index (χ2v) is 9.20. The van der Waals surface area contributed by atoms with E-state index in [1.807, 2.05) is 28.2 Å². The van der Waals surface area contributed by atoms with Gasteiger partial charge >= 0.3 is 0 Å². The molecule has 0 spiro atoms. The van der Waals surface area contributed by atoms with Crippen LogP contribution in [0.15, 0.2) is 23.2 Å². The molecule has 7 heteroatoms. The highest BCUT2D eigenvalue weighted by atomic mass is 32.1. The molecule has 1 amide bonds. The highest BCUT2D eigenvalue weighted by Gasteiger charge is 2.26. The molecule has 0 aromatic carbocycles. The maximum absolute atomic E-state index is 12.3. The molecule has 3 aromatic rings. The van der Waals surface area contributed by atoms with Gasteiger partial charge in [0, 0.05) is 35.0 Å². The van der Waals surface area contributed by atoms with Crippen LogP contribution in [0.5, 0.6) is 0 Å². The fourth-order valence-corrected chi connectivity index (χ4v) is 6.07. The van der Waals surface area contributed by atoms with Crippen LogP contribution in [-0.4, -0.2) is 35.0 Å². The number of nitrogens with zero attached hydrogens (tertiary/aromatic N) is 3. The number of carbonyl (C=O) groups is 1. The molecule has 5 nitrogen and oxygen atoms in total. The van der Waals surface area contributed by atoms with Crippen LogP contribution in [0.4, 0.5) is 5.82 Å². The molecule has 0 unspecified atom stereocenters. The maximum atomic E-state index is 12.3. The first-order valence-corrected chi connectivity index (χ1v) is 11.4. The summed E-state index contributed by atoms with van der Waals surface area (Å²) in [6, 6.07) is 2.12. The molecule has 0 saturated carbocycles. The molecule has 0 bridgehead atoms. The third-order valence-corrected chi connectivity index (χ3v) is 7.53. The predicted molar refractivity (Wildman–Crippen MR) is 111 cm³/mol. The summed E-state index contributed by atoms with van der Waals surface area (Å²) < 4.78 is 0. The Morgan fingerprint density at radius 2 is 2.04 bits per heavy atom. The predicted octanol–water partition coefficient (Wildman–Crippen LogP) is 4.03. The van der Waals surface area contributed by atoms with Gasteiger partial charge in [0.15, 0.2) is 0 Å². The molecular formula is C20H22N4OS2. The Morgan fingerprint density at radius 1 is 1.19 bits per heavy atom. The monoisotopic (exact) mass is 398 g/mol. The Kier molecular flexibility index (Phi) is 4.57. The second-order valence-electron chi connectivity index (χ2n) is 7.34. The standard InChI is InChI=1S/C20H22N4OS2/c25-19(13-7-10-26-11-13)23-14-5-8-24(9-6-14)18-17-15-3-1-2-4-16(15)27-20(17)22-12-21-18/h7,10-12,14H,1-6,8-9H2,(H,23,25). The number of carbonyl (C=O) groups excluding carboxylic acids is 1. The molecule has 140 valence electrons. The smallest absolute Gasteiger partial charge is 0.252 e. The molecule has 1 saturated heterocycles. The van der Waals surface area contributed by atoms with E-state index in [0.29, 0.717) is 0 Å². The van der Waals surface area contributed by atoms with Crippen LogP contribution in [0, 0.1) is 0 Å². The molecule has 3 aromatic heterocycles. The highest BCUT2D eigenvalue weighted by Crippen LogP contribution is 2.39. The van der Waals surface area contributed by atoms with Crippen molar-refractivity contribution in [3.8, 4) is 0 Å². The van der Waals surface area contributed by atoms with Gasteiger partial charge in [0.2, 0.25) is 0 Å². The highest BCUT2D eigenvalue weighted by molar-refractivity contribution is 7.19. The maximum Gasteiger partial charge on any atom is 0.252 e. The number of nitrogens with one attached hydrogen (secondary N) is 1. The van der Waals surface area contributed by atoms with E-state index < -0.39 is 0 Å². The summed E-state index contributed by atoms with van der Waals surface area (Å²) in [5.74, 6) is 1.15. The van der Waals surface area contributed by atoms with E-state index in [-0.39, 0.29) is 11.9 Å². The fourth-order valence-electron chi connectivity index (χ4n) is 4.21. The normalized spacial score (nSPS) is 17.9. The first-order chi connectivity index (χ1) is 13.3. The number of hydrogen-bond acceptors (Lipinski definition) is 6. The van der Waals surface area contributed by atoms with Gasteiger partial charge in [-0.25, -0.2) is 9.97 Å². The SMILES string of the molecule is O=C(NC1CCN(c2ncnc3sc4c(c23)CCCC4)CC1)c1ccsc1. The molecule has 27 heavy (non-hydrogen) atoms. The van der Waals surface area contributed by atoms with Gasteiger partial charge in [0.1, 0.15) is 17.0 Å². The van der Waals surface area contributed by atoms with Crippen LogP contribution in [0.25, 0.3) is 10.2 Å². The van der Waals surface area contributed by atoms with Gasteiger partial charge in [-0.15, -0.1) is 11.3 Å². The lowest BCUT2D eigenvalue weighted by molar-refractivity contribution is 0.0931. The number of piperidine rings is 1. The van der Waals surface area contributed by atoms with Gasteiger partial charge < -0.3 is 10.2 Å². The van der Waals surface area contributed by atoms with E-state index in [9.17, 15) is 4.79 Å². The number of aromatic nitrogens is 2. The summed E-state index contributed by atoms with van der Waals surface area (Å²) in [7, 11) is 0. The zero-order chi connectivity index (χ0) is 18.2. The van der Waals surface area contributed by atoms with Crippen LogP contribution in [0.2, 0.25) is 0 Å². The van der Waals surface area contributed by atoms with Crippen molar-refractivity contribution in [3.05, 3.63) is 39.2 Å². The van der Waals surface area contributed by atoms with Crippen LogP contribution in [-0.2, 0) is 12.8 Å². The fraction of sp³-hybridized carbons (Fsp3) is 0.450. The molecular weight excluding hydrogens is 376 g/mol. The number of fused-ring (bicyclic) bond motifs is 3. The van der Waals surface area contributed by atoms with Crippen LogP contribution >= 0.6 is 22.7 Å². The van der Waals surface area contributed by atoms with Crippen molar-refractivity contribution in [2.24, 2.45) is 0 Å². The van der Waals surface area contributed by atoms with E-state index in [4.69, 9.17) is 0 Å². The van der Waals surface area contributed by atoms with E-state index in [2.05, 4.69) is 20.2 Å². The Balaban J connectivity index is 1.32. The summed E-state index contributed by atoms with van der Waals surface area (Å²) in [5.41, 5.74) is 2.26. The molecule has 1 aliphatic heterocycles. The van der Waals surface area contributed by atoms with Gasteiger partial charge in [-0.05, 0) is 55.5 Å². The van der Waals surface area contributed by atoms with Crippen molar-refractivity contribution >= 4 is 44.6 Å². The third-order valence-electron chi connectivity index (χ3n) is 5.64. The molecule has 1 N–H and O–H groups in total. The van der Waals surface area contributed by atoms with Crippen molar-refractivity contribution in [3.63, 3.8) is 0 Å². The number of hydrogen-bond donors (Lipinski definition) is 1. The summed E-state index contributed by atoms with van der Waals surface area (Å²) in [6.45, 7) is 1.84. The van der Waals surface area contributed by atoms with Crippen molar-refractivity contribution in [2.75, 3.05) is 18.0 Å². The van der Waals surface area contributed by atoms with Crippen LogP contribution in [0.3, 0.4) is 0 Å². The summed E-state index contributed by atoms with van der Waals surface area (Å²) in [6.07, 6.45) is 8.52. The molecule has 1 aliphatic carbocycles. The van der Waals surface area contributed by atoms with Crippen molar-refractivity contribution in [1.29, 1.82) is 0 Å². The van der Waals surface area contributed by atoms with Crippen molar-refractivity contribution in [1.82, 2.24) is 15.3 Å².